The Bertz CT molecular complexity index is 354. The van der Waals surface area contributed by atoms with Crippen LogP contribution in [-0.2, 0) is 0 Å². The zero-order valence-corrected chi connectivity index (χ0v) is 8.14. The van der Waals surface area contributed by atoms with E-state index < -0.39 is 13.5 Å². The van der Waals surface area contributed by atoms with E-state index in [0.29, 0.717) is 5.56 Å². The number of nitrogens with zero attached hydrogens (tertiary/aromatic N) is 1. The Morgan fingerprint density at radius 1 is 1.50 bits per heavy atom. The number of rotatable bonds is 3. The van der Waals surface area contributed by atoms with Crippen molar-refractivity contribution < 1.29 is 19.2 Å². The molecule has 0 unspecified atom stereocenters. The fraction of sp³-hybridized carbons (Fsp3) is 0.143. The summed E-state index contributed by atoms with van der Waals surface area (Å²) in [5, 5.41) is 10.4. The summed E-state index contributed by atoms with van der Waals surface area (Å²) in [6.45, 7) is 1.58. The largest absolute Gasteiger partial charge is 0.427 e. The predicted molar refractivity (Wildman–Crippen MR) is 49.8 cm³/mol. The second kappa shape index (κ2) is 4.32. The molecule has 0 fully saturated rings. The van der Waals surface area contributed by atoms with Crippen molar-refractivity contribution in [1.82, 2.24) is 0 Å². The Balaban J connectivity index is 2.95. The Morgan fingerprint density at radius 3 is 2.57 bits per heavy atom. The molecule has 0 bridgehead atoms. The van der Waals surface area contributed by atoms with Crippen LogP contribution in [0.4, 0.5) is 5.69 Å². The summed E-state index contributed by atoms with van der Waals surface area (Å²) >= 11 is 0. The number of nitro groups is 1. The first-order chi connectivity index (χ1) is 6.50. The summed E-state index contributed by atoms with van der Waals surface area (Å²) in [5.74, 6) is 0.228. The Kier molecular flexibility index (Phi) is 3.35. The van der Waals surface area contributed by atoms with Gasteiger partial charge < -0.3 is 14.3 Å². The average molecular weight is 217 g/mol. The van der Waals surface area contributed by atoms with Crippen molar-refractivity contribution in [2.45, 2.75) is 6.92 Å². The van der Waals surface area contributed by atoms with Gasteiger partial charge in [0.05, 0.1) is 4.92 Å². The van der Waals surface area contributed by atoms with Crippen molar-refractivity contribution in [3.8, 4) is 5.75 Å². The average Bonchev–Trinajstić information content (AvgIpc) is 2.07. The SMILES string of the molecule is Cc1cc([N+](=O)[O-])ccc1OP(O)O. The fourth-order valence-corrected chi connectivity index (χ4v) is 1.32. The second-order valence-corrected chi connectivity index (χ2v) is 3.24. The molecule has 1 aromatic carbocycles. The summed E-state index contributed by atoms with van der Waals surface area (Å²) in [6.07, 6.45) is 0. The van der Waals surface area contributed by atoms with Gasteiger partial charge in [0.1, 0.15) is 5.75 Å². The fourth-order valence-electron chi connectivity index (χ4n) is 0.938. The molecule has 14 heavy (non-hydrogen) atoms. The van der Waals surface area contributed by atoms with Crippen molar-refractivity contribution >= 4 is 14.3 Å². The van der Waals surface area contributed by atoms with Gasteiger partial charge in [0.2, 0.25) is 0 Å². The molecule has 0 radical (unpaired) electrons. The molecule has 6 nitrogen and oxygen atoms in total. The van der Waals surface area contributed by atoms with Crippen molar-refractivity contribution in [2.24, 2.45) is 0 Å². The molecule has 1 aromatic rings. The minimum Gasteiger partial charge on any atom is -0.427 e. The highest BCUT2D eigenvalue weighted by Gasteiger charge is 2.11. The van der Waals surface area contributed by atoms with E-state index in [-0.39, 0.29) is 11.4 Å². The lowest BCUT2D eigenvalue weighted by Gasteiger charge is -2.07. The summed E-state index contributed by atoms with van der Waals surface area (Å²) in [5.41, 5.74) is 0.421. The molecular formula is C7H8NO5P. The molecule has 0 aliphatic rings. The van der Waals surface area contributed by atoms with E-state index in [9.17, 15) is 10.1 Å². The van der Waals surface area contributed by atoms with Gasteiger partial charge >= 0.3 is 8.60 Å². The van der Waals surface area contributed by atoms with Gasteiger partial charge in [-0.05, 0) is 18.6 Å². The van der Waals surface area contributed by atoms with Gasteiger partial charge in [-0.1, -0.05) is 0 Å². The quantitative estimate of drug-likeness (QED) is 0.454. The van der Waals surface area contributed by atoms with Gasteiger partial charge in [-0.15, -0.1) is 0 Å². The standard InChI is InChI=1S/C7H8NO5P/c1-5-4-6(8(9)10)2-3-7(5)13-14(11)12/h2-4,11-12H,1H3. The number of aryl methyl sites for hydroxylation is 1. The minimum absolute atomic E-state index is 0.0601. The highest BCUT2D eigenvalue weighted by molar-refractivity contribution is 7.39. The van der Waals surface area contributed by atoms with Gasteiger partial charge in [0.15, 0.2) is 0 Å². The molecule has 2 N–H and O–H groups in total. The topological polar surface area (TPSA) is 92.8 Å². The molecule has 0 aromatic heterocycles. The summed E-state index contributed by atoms with van der Waals surface area (Å²) in [6, 6.07) is 3.87. The van der Waals surface area contributed by atoms with Gasteiger partial charge in [0, 0.05) is 12.1 Å². The Labute approximate surface area is 80.9 Å². The van der Waals surface area contributed by atoms with Crippen LogP contribution in [0.5, 0.6) is 5.75 Å². The highest BCUT2D eigenvalue weighted by Crippen LogP contribution is 2.32. The van der Waals surface area contributed by atoms with Crippen molar-refractivity contribution in [1.29, 1.82) is 0 Å². The van der Waals surface area contributed by atoms with Crippen LogP contribution in [0.3, 0.4) is 0 Å². The molecule has 76 valence electrons. The predicted octanol–water partition coefficient (Wildman–Crippen LogP) is 1.49. The summed E-state index contributed by atoms with van der Waals surface area (Å²) in [4.78, 5) is 27.0. The zero-order valence-electron chi connectivity index (χ0n) is 7.25. The van der Waals surface area contributed by atoms with Crippen molar-refractivity contribution in [2.75, 3.05) is 0 Å². The van der Waals surface area contributed by atoms with Crippen molar-refractivity contribution in [3.05, 3.63) is 33.9 Å². The van der Waals surface area contributed by atoms with Crippen LogP contribution in [0.15, 0.2) is 18.2 Å². The van der Waals surface area contributed by atoms with Gasteiger partial charge in [-0.25, -0.2) is 0 Å². The first kappa shape index (κ1) is 10.8. The Hall–Kier alpha value is -1.23. The third kappa shape index (κ3) is 2.63. The first-order valence-electron chi connectivity index (χ1n) is 3.61. The van der Waals surface area contributed by atoms with E-state index in [4.69, 9.17) is 9.79 Å². The summed E-state index contributed by atoms with van der Waals surface area (Å²) < 4.78 is 4.63. The van der Waals surface area contributed by atoms with E-state index in [1.807, 2.05) is 0 Å². The first-order valence-corrected chi connectivity index (χ1v) is 4.78. The number of hydrogen-bond donors (Lipinski definition) is 2. The minimum atomic E-state index is -2.49. The molecule has 0 aliphatic carbocycles. The zero-order chi connectivity index (χ0) is 10.7. The van der Waals surface area contributed by atoms with E-state index in [1.165, 1.54) is 18.2 Å². The third-order valence-electron chi connectivity index (χ3n) is 1.55. The molecule has 1 rings (SSSR count). The molecular weight excluding hydrogens is 209 g/mol. The van der Waals surface area contributed by atoms with Gasteiger partial charge in [-0.3, -0.25) is 10.1 Å². The van der Waals surface area contributed by atoms with Crippen LogP contribution >= 0.6 is 8.60 Å². The molecule has 0 aliphatic heterocycles. The lowest BCUT2D eigenvalue weighted by Crippen LogP contribution is -1.92. The number of nitro benzene ring substituents is 1. The maximum atomic E-state index is 10.4. The molecule has 0 saturated carbocycles. The lowest BCUT2D eigenvalue weighted by molar-refractivity contribution is -0.384. The molecule has 7 heteroatoms. The lowest BCUT2D eigenvalue weighted by atomic mass is 10.2. The maximum absolute atomic E-state index is 10.4. The molecule has 0 saturated heterocycles. The van der Waals surface area contributed by atoms with Crippen LogP contribution < -0.4 is 4.52 Å². The van der Waals surface area contributed by atoms with Crippen molar-refractivity contribution in [3.63, 3.8) is 0 Å². The number of non-ortho nitro benzene ring substituents is 1. The van der Waals surface area contributed by atoms with Gasteiger partial charge in [-0.2, -0.15) is 0 Å². The number of hydrogen-bond acceptors (Lipinski definition) is 5. The van der Waals surface area contributed by atoms with Crippen LogP contribution in [0.25, 0.3) is 0 Å². The normalized spacial score (nSPS) is 10.3. The van der Waals surface area contributed by atoms with E-state index in [2.05, 4.69) is 4.52 Å². The van der Waals surface area contributed by atoms with Crippen LogP contribution in [0.1, 0.15) is 5.56 Å². The van der Waals surface area contributed by atoms with E-state index in [0.717, 1.165) is 0 Å². The molecule has 0 heterocycles. The molecule has 0 spiro atoms. The Morgan fingerprint density at radius 2 is 2.14 bits per heavy atom. The van der Waals surface area contributed by atoms with E-state index >= 15 is 0 Å². The smallest absolute Gasteiger partial charge is 0.391 e. The molecule has 0 amide bonds. The monoisotopic (exact) mass is 217 g/mol. The van der Waals surface area contributed by atoms with Crippen LogP contribution in [0.2, 0.25) is 0 Å². The van der Waals surface area contributed by atoms with Crippen LogP contribution in [0, 0.1) is 17.0 Å². The maximum Gasteiger partial charge on any atom is 0.391 e. The second-order valence-electron chi connectivity index (χ2n) is 2.55. The van der Waals surface area contributed by atoms with Crippen LogP contribution in [-0.4, -0.2) is 14.7 Å². The van der Waals surface area contributed by atoms with Gasteiger partial charge in [0.25, 0.3) is 5.69 Å². The molecule has 0 atom stereocenters. The highest BCUT2D eigenvalue weighted by atomic mass is 31.2. The third-order valence-corrected chi connectivity index (χ3v) is 1.91. The van der Waals surface area contributed by atoms with E-state index in [1.54, 1.807) is 6.92 Å². The number of benzene rings is 1. The summed E-state index contributed by atoms with van der Waals surface area (Å²) in [7, 11) is -2.49.